The zero-order valence-electron chi connectivity index (χ0n) is 14.0. The van der Waals surface area contributed by atoms with Gasteiger partial charge in [0.1, 0.15) is 5.69 Å². The molecule has 1 unspecified atom stereocenters. The van der Waals surface area contributed by atoms with Crippen LogP contribution in [0.1, 0.15) is 40.9 Å². The fourth-order valence-electron chi connectivity index (χ4n) is 3.48. The largest absolute Gasteiger partial charge is 0.337 e. The number of likely N-dealkylation sites (tertiary alicyclic amines) is 1. The molecule has 1 amide bonds. The van der Waals surface area contributed by atoms with Crippen molar-refractivity contribution in [2.75, 3.05) is 13.1 Å². The first-order chi connectivity index (χ1) is 11.1. The number of hydrogen-bond donors (Lipinski definition) is 0. The normalized spacial score (nSPS) is 18.2. The molecule has 3 rings (SSSR count). The smallest absolute Gasteiger partial charge is 0.272 e. The maximum Gasteiger partial charge on any atom is 0.272 e. The van der Waals surface area contributed by atoms with E-state index in [1.54, 1.807) is 16.9 Å². The summed E-state index contributed by atoms with van der Waals surface area (Å²) in [7, 11) is 1.83. The fraction of sp³-hybridized carbons (Fsp3) is 0.474. The van der Waals surface area contributed by atoms with Gasteiger partial charge in [0.25, 0.3) is 5.91 Å². The number of rotatable bonds is 4. The maximum atomic E-state index is 12.6. The molecule has 0 saturated carbocycles. The molecule has 23 heavy (non-hydrogen) atoms. The van der Waals surface area contributed by atoms with Crippen LogP contribution in [0.25, 0.3) is 0 Å². The van der Waals surface area contributed by atoms with E-state index in [2.05, 4.69) is 36.3 Å². The number of carbonyl (C=O) groups excluding carboxylic acids is 1. The SMILES string of the molecule is Cc1ccccc1CCC1CCCN(C(=O)c2ccnn2C)C1. The Morgan fingerprint density at radius 2 is 2.13 bits per heavy atom. The second-order valence-corrected chi connectivity index (χ2v) is 6.56. The van der Waals surface area contributed by atoms with Crippen LogP contribution >= 0.6 is 0 Å². The van der Waals surface area contributed by atoms with E-state index >= 15 is 0 Å². The van der Waals surface area contributed by atoms with Crippen molar-refractivity contribution in [3.63, 3.8) is 0 Å². The Kier molecular flexibility index (Phi) is 4.79. The molecular formula is C19H25N3O. The van der Waals surface area contributed by atoms with Crippen LogP contribution in [0.4, 0.5) is 0 Å². The number of hydrogen-bond acceptors (Lipinski definition) is 2. The molecule has 0 bridgehead atoms. The summed E-state index contributed by atoms with van der Waals surface area (Å²) in [5.41, 5.74) is 3.48. The number of nitrogens with zero attached hydrogens (tertiary/aromatic N) is 3. The van der Waals surface area contributed by atoms with Gasteiger partial charge < -0.3 is 4.90 Å². The molecule has 0 aliphatic carbocycles. The monoisotopic (exact) mass is 311 g/mol. The van der Waals surface area contributed by atoms with Crippen molar-refractivity contribution < 1.29 is 4.79 Å². The van der Waals surface area contributed by atoms with E-state index in [1.165, 1.54) is 17.5 Å². The van der Waals surface area contributed by atoms with Crippen LogP contribution in [-0.4, -0.2) is 33.7 Å². The van der Waals surface area contributed by atoms with Gasteiger partial charge in [-0.1, -0.05) is 24.3 Å². The summed E-state index contributed by atoms with van der Waals surface area (Å²) in [4.78, 5) is 14.6. The van der Waals surface area contributed by atoms with E-state index in [0.717, 1.165) is 32.4 Å². The molecule has 0 N–H and O–H groups in total. The predicted octanol–water partition coefficient (Wildman–Crippen LogP) is 3.21. The molecule has 0 spiro atoms. The van der Waals surface area contributed by atoms with E-state index in [-0.39, 0.29) is 5.91 Å². The van der Waals surface area contributed by atoms with Crippen LogP contribution in [0, 0.1) is 12.8 Å². The first kappa shape index (κ1) is 15.8. The molecule has 1 saturated heterocycles. The van der Waals surface area contributed by atoms with Gasteiger partial charge in [-0.15, -0.1) is 0 Å². The van der Waals surface area contributed by atoms with Crippen LogP contribution in [0.15, 0.2) is 36.5 Å². The third-order valence-electron chi connectivity index (χ3n) is 4.93. The Labute approximate surface area is 138 Å². The van der Waals surface area contributed by atoms with Gasteiger partial charge in [-0.2, -0.15) is 5.10 Å². The number of piperidine rings is 1. The summed E-state index contributed by atoms with van der Waals surface area (Å²) in [6.07, 6.45) is 6.26. The summed E-state index contributed by atoms with van der Waals surface area (Å²) < 4.78 is 1.67. The number of aryl methyl sites for hydroxylation is 3. The summed E-state index contributed by atoms with van der Waals surface area (Å²) in [5.74, 6) is 0.714. The molecule has 1 aromatic heterocycles. The number of amides is 1. The molecule has 1 aliphatic rings. The van der Waals surface area contributed by atoms with Crippen molar-refractivity contribution >= 4 is 5.91 Å². The van der Waals surface area contributed by atoms with E-state index < -0.39 is 0 Å². The molecule has 2 heterocycles. The predicted molar refractivity (Wildman–Crippen MR) is 91.3 cm³/mol. The summed E-state index contributed by atoms with van der Waals surface area (Å²) in [5, 5.41) is 4.11. The lowest BCUT2D eigenvalue weighted by molar-refractivity contribution is 0.0657. The lowest BCUT2D eigenvalue weighted by Crippen LogP contribution is -2.40. The minimum absolute atomic E-state index is 0.116. The van der Waals surface area contributed by atoms with Crippen LogP contribution < -0.4 is 0 Å². The van der Waals surface area contributed by atoms with Gasteiger partial charge in [-0.05, 0) is 55.7 Å². The van der Waals surface area contributed by atoms with Crippen molar-refractivity contribution in [2.24, 2.45) is 13.0 Å². The Bertz CT molecular complexity index is 677. The first-order valence-electron chi connectivity index (χ1n) is 8.47. The molecule has 2 aromatic rings. The standard InChI is InChI=1S/C19H25N3O/c1-15-6-3-4-8-17(15)10-9-16-7-5-13-22(14-16)19(23)18-11-12-20-21(18)2/h3-4,6,8,11-12,16H,5,7,9-10,13-14H2,1-2H3. The minimum atomic E-state index is 0.116. The summed E-state index contributed by atoms with van der Waals surface area (Å²) >= 11 is 0. The van der Waals surface area contributed by atoms with Gasteiger partial charge in [0, 0.05) is 26.3 Å². The molecule has 0 radical (unpaired) electrons. The molecule has 4 nitrogen and oxygen atoms in total. The molecule has 1 aromatic carbocycles. The highest BCUT2D eigenvalue weighted by molar-refractivity contribution is 5.92. The second kappa shape index (κ2) is 6.99. The minimum Gasteiger partial charge on any atom is -0.337 e. The maximum absolute atomic E-state index is 12.6. The quantitative estimate of drug-likeness (QED) is 0.869. The van der Waals surface area contributed by atoms with Crippen LogP contribution in [0.3, 0.4) is 0 Å². The van der Waals surface area contributed by atoms with Crippen LogP contribution in [-0.2, 0) is 13.5 Å². The highest BCUT2D eigenvalue weighted by atomic mass is 16.2. The van der Waals surface area contributed by atoms with Crippen molar-refractivity contribution in [3.8, 4) is 0 Å². The molecule has 122 valence electrons. The average Bonchev–Trinajstić information content (AvgIpc) is 3.00. The highest BCUT2D eigenvalue weighted by Gasteiger charge is 2.25. The number of carbonyl (C=O) groups is 1. The Morgan fingerprint density at radius 3 is 2.87 bits per heavy atom. The Hall–Kier alpha value is -2.10. The average molecular weight is 311 g/mol. The van der Waals surface area contributed by atoms with Gasteiger partial charge >= 0.3 is 0 Å². The third kappa shape index (κ3) is 3.63. The molecule has 1 aliphatic heterocycles. The Morgan fingerprint density at radius 1 is 1.30 bits per heavy atom. The number of benzene rings is 1. The zero-order chi connectivity index (χ0) is 16.2. The van der Waals surface area contributed by atoms with E-state index in [4.69, 9.17) is 0 Å². The van der Waals surface area contributed by atoms with Crippen molar-refractivity contribution in [3.05, 3.63) is 53.3 Å². The van der Waals surface area contributed by atoms with E-state index in [9.17, 15) is 4.79 Å². The van der Waals surface area contributed by atoms with Gasteiger partial charge in [-0.25, -0.2) is 0 Å². The first-order valence-corrected chi connectivity index (χ1v) is 8.47. The van der Waals surface area contributed by atoms with E-state index in [1.807, 2.05) is 11.9 Å². The van der Waals surface area contributed by atoms with Crippen LogP contribution in [0.2, 0.25) is 0 Å². The van der Waals surface area contributed by atoms with Gasteiger partial charge in [0.15, 0.2) is 0 Å². The zero-order valence-corrected chi connectivity index (χ0v) is 14.0. The second-order valence-electron chi connectivity index (χ2n) is 6.56. The van der Waals surface area contributed by atoms with E-state index in [0.29, 0.717) is 11.6 Å². The Balaban J connectivity index is 1.59. The van der Waals surface area contributed by atoms with Crippen molar-refractivity contribution in [1.82, 2.24) is 14.7 Å². The molecule has 1 atom stereocenters. The molecule has 1 fully saturated rings. The lowest BCUT2D eigenvalue weighted by Gasteiger charge is -2.33. The van der Waals surface area contributed by atoms with Gasteiger partial charge in [0.05, 0.1) is 0 Å². The van der Waals surface area contributed by atoms with Crippen molar-refractivity contribution in [2.45, 2.75) is 32.6 Å². The summed E-state index contributed by atoms with van der Waals surface area (Å²) in [6.45, 7) is 3.91. The fourth-order valence-corrected chi connectivity index (χ4v) is 3.48. The topological polar surface area (TPSA) is 38.1 Å². The third-order valence-corrected chi connectivity index (χ3v) is 4.93. The highest BCUT2D eigenvalue weighted by Crippen LogP contribution is 2.23. The van der Waals surface area contributed by atoms with Gasteiger partial charge in [-0.3, -0.25) is 9.48 Å². The summed E-state index contributed by atoms with van der Waals surface area (Å²) in [6, 6.07) is 10.4. The molecular weight excluding hydrogens is 286 g/mol. The van der Waals surface area contributed by atoms with Gasteiger partial charge in [0.2, 0.25) is 0 Å². The lowest BCUT2D eigenvalue weighted by atomic mass is 9.90. The van der Waals surface area contributed by atoms with Crippen molar-refractivity contribution in [1.29, 1.82) is 0 Å². The molecule has 4 heteroatoms. The number of aromatic nitrogens is 2. The van der Waals surface area contributed by atoms with Crippen LogP contribution in [0.5, 0.6) is 0 Å².